The summed E-state index contributed by atoms with van der Waals surface area (Å²) in [6.45, 7) is 6.87. The predicted octanol–water partition coefficient (Wildman–Crippen LogP) is 7.80. The summed E-state index contributed by atoms with van der Waals surface area (Å²) in [7, 11) is 0. The molecule has 0 heterocycles. The molecule has 0 bridgehead atoms. The Morgan fingerprint density at radius 1 is 0.828 bits per heavy atom. The van der Waals surface area contributed by atoms with Crippen molar-refractivity contribution in [1.29, 1.82) is 0 Å². The van der Waals surface area contributed by atoms with Gasteiger partial charge in [-0.25, -0.2) is 0 Å². The quantitative estimate of drug-likeness (QED) is 0.366. The zero-order valence-corrected chi connectivity index (χ0v) is 18.5. The molecule has 29 heavy (non-hydrogen) atoms. The van der Waals surface area contributed by atoms with Crippen molar-refractivity contribution < 1.29 is 5.11 Å². The van der Waals surface area contributed by atoms with E-state index in [2.05, 4.69) is 93.6 Å². The fourth-order valence-electron chi connectivity index (χ4n) is 3.95. The molecule has 0 saturated carbocycles. The Hall–Kier alpha value is -2.12. The van der Waals surface area contributed by atoms with Crippen LogP contribution in [0.1, 0.15) is 82.3 Å². The van der Waals surface area contributed by atoms with Crippen molar-refractivity contribution in [2.75, 3.05) is 6.61 Å². The molecule has 0 fully saturated rings. The van der Waals surface area contributed by atoms with Gasteiger partial charge in [-0.15, -0.1) is 0 Å². The first kappa shape index (κ1) is 23.2. The fourth-order valence-corrected chi connectivity index (χ4v) is 3.95. The lowest BCUT2D eigenvalue weighted by Crippen LogP contribution is -2.08. The molecule has 0 saturated heterocycles. The molecule has 2 unspecified atom stereocenters. The molecule has 1 nitrogen and oxygen atoms in total. The monoisotopic (exact) mass is 390 g/mol. The van der Waals surface area contributed by atoms with Gasteiger partial charge in [0.05, 0.1) is 0 Å². The van der Waals surface area contributed by atoms with E-state index in [9.17, 15) is 5.11 Å². The van der Waals surface area contributed by atoms with Crippen LogP contribution >= 0.6 is 0 Å². The van der Waals surface area contributed by atoms with Crippen molar-refractivity contribution in [3.63, 3.8) is 0 Å². The molecule has 2 aromatic carbocycles. The third kappa shape index (κ3) is 8.83. The van der Waals surface area contributed by atoms with E-state index in [0.717, 1.165) is 38.5 Å². The molecule has 0 spiro atoms. The summed E-state index contributed by atoms with van der Waals surface area (Å²) < 4.78 is 0. The van der Waals surface area contributed by atoms with Gasteiger partial charge in [0.1, 0.15) is 0 Å². The third-order valence-electron chi connectivity index (χ3n) is 5.66. The molecule has 0 aliphatic rings. The van der Waals surface area contributed by atoms with E-state index < -0.39 is 0 Å². The summed E-state index contributed by atoms with van der Waals surface area (Å²) in [5.74, 6) is 0.978. The van der Waals surface area contributed by atoms with Gasteiger partial charge >= 0.3 is 0 Å². The second-order valence-electron chi connectivity index (χ2n) is 8.42. The molecule has 2 aromatic rings. The van der Waals surface area contributed by atoms with Gasteiger partial charge in [0.15, 0.2) is 0 Å². The van der Waals surface area contributed by atoms with Crippen molar-refractivity contribution in [2.24, 2.45) is 0 Å². The van der Waals surface area contributed by atoms with Crippen molar-refractivity contribution in [2.45, 2.75) is 71.1 Å². The van der Waals surface area contributed by atoms with Gasteiger partial charge in [-0.1, -0.05) is 84.0 Å². The van der Waals surface area contributed by atoms with Gasteiger partial charge < -0.3 is 5.11 Å². The lowest BCUT2D eigenvalue weighted by Gasteiger charge is -2.24. The van der Waals surface area contributed by atoms with Gasteiger partial charge in [0.25, 0.3) is 0 Å². The van der Waals surface area contributed by atoms with Crippen molar-refractivity contribution in [3.05, 3.63) is 95.1 Å². The Morgan fingerprint density at radius 3 is 1.97 bits per heavy atom. The standard InChI is InChI=1S/C28H38O/c1-23(2)12-10-13-24(3)19-20-28(26-16-8-5-9-17-26)22-27(18-11-21-29)25-14-6-4-7-15-25/h4-9,12,14-17,19,27-29H,10-11,13,18,20-22H2,1-3H3/b24-19+. The molecular formula is C28H38O. The molecule has 156 valence electrons. The topological polar surface area (TPSA) is 20.2 Å². The zero-order valence-electron chi connectivity index (χ0n) is 18.5. The van der Waals surface area contributed by atoms with E-state index in [4.69, 9.17) is 0 Å². The maximum absolute atomic E-state index is 9.40. The summed E-state index contributed by atoms with van der Waals surface area (Å²) in [5.41, 5.74) is 5.70. The summed E-state index contributed by atoms with van der Waals surface area (Å²) >= 11 is 0. The van der Waals surface area contributed by atoms with Crippen molar-refractivity contribution >= 4 is 0 Å². The summed E-state index contributed by atoms with van der Waals surface area (Å²) in [5, 5.41) is 9.40. The molecule has 2 rings (SSSR count). The highest BCUT2D eigenvalue weighted by Crippen LogP contribution is 2.35. The molecule has 1 N–H and O–H groups in total. The first-order chi connectivity index (χ1) is 14.1. The van der Waals surface area contributed by atoms with Crippen LogP contribution in [0.3, 0.4) is 0 Å². The highest BCUT2D eigenvalue weighted by atomic mass is 16.2. The van der Waals surface area contributed by atoms with Crippen LogP contribution in [-0.4, -0.2) is 11.7 Å². The highest BCUT2D eigenvalue weighted by molar-refractivity contribution is 5.25. The number of benzene rings is 2. The molecule has 0 aromatic heterocycles. The van der Waals surface area contributed by atoms with E-state index >= 15 is 0 Å². The van der Waals surface area contributed by atoms with Crippen LogP contribution in [0.2, 0.25) is 0 Å². The van der Waals surface area contributed by atoms with E-state index in [1.54, 1.807) is 0 Å². The van der Waals surface area contributed by atoms with Crippen LogP contribution in [0.5, 0.6) is 0 Å². The molecule has 1 heteroatoms. The maximum Gasteiger partial charge on any atom is 0.0431 e. The van der Waals surface area contributed by atoms with Crippen LogP contribution in [0.25, 0.3) is 0 Å². The summed E-state index contributed by atoms with van der Waals surface area (Å²) in [6.07, 6.45) is 11.1. The molecule has 0 radical (unpaired) electrons. The molecule has 0 aliphatic heterocycles. The number of hydrogen-bond donors (Lipinski definition) is 1. The minimum absolute atomic E-state index is 0.267. The average Bonchev–Trinajstić information content (AvgIpc) is 2.74. The van der Waals surface area contributed by atoms with Crippen LogP contribution in [0.4, 0.5) is 0 Å². The lowest BCUT2D eigenvalue weighted by atomic mass is 9.81. The SMILES string of the molecule is CC(C)=CCC/C(C)=C/CC(CC(CCCO)c1ccccc1)c1ccccc1. The lowest BCUT2D eigenvalue weighted by molar-refractivity contribution is 0.277. The number of allylic oxidation sites excluding steroid dienone is 4. The first-order valence-electron chi connectivity index (χ1n) is 11.1. The molecule has 0 amide bonds. The van der Waals surface area contributed by atoms with Crippen molar-refractivity contribution in [3.8, 4) is 0 Å². The fraction of sp³-hybridized carbons (Fsp3) is 0.429. The Labute approximate surface area is 178 Å². The maximum atomic E-state index is 9.40. The second kappa shape index (κ2) is 13.2. The predicted molar refractivity (Wildman–Crippen MR) is 126 cm³/mol. The summed E-state index contributed by atoms with van der Waals surface area (Å²) in [6, 6.07) is 21.8. The minimum Gasteiger partial charge on any atom is -0.396 e. The Kier molecular flexibility index (Phi) is 10.5. The number of rotatable bonds is 12. The van der Waals surface area contributed by atoms with Crippen LogP contribution in [0.15, 0.2) is 84.0 Å². The zero-order chi connectivity index (χ0) is 20.9. The Morgan fingerprint density at radius 2 is 1.41 bits per heavy atom. The molecule has 0 aliphatic carbocycles. The van der Waals surface area contributed by atoms with E-state index in [1.165, 1.54) is 22.3 Å². The Balaban J connectivity index is 2.15. The third-order valence-corrected chi connectivity index (χ3v) is 5.66. The second-order valence-corrected chi connectivity index (χ2v) is 8.42. The smallest absolute Gasteiger partial charge is 0.0431 e. The summed E-state index contributed by atoms with van der Waals surface area (Å²) in [4.78, 5) is 0. The number of aliphatic hydroxyl groups is 1. The van der Waals surface area contributed by atoms with Crippen LogP contribution < -0.4 is 0 Å². The molecular weight excluding hydrogens is 352 g/mol. The van der Waals surface area contributed by atoms with Crippen LogP contribution in [-0.2, 0) is 0 Å². The van der Waals surface area contributed by atoms with Crippen molar-refractivity contribution in [1.82, 2.24) is 0 Å². The Bertz CT molecular complexity index is 738. The van der Waals surface area contributed by atoms with Crippen LogP contribution in [0, 0.1) is 0 Å². The first-order valence-corrected chi connectivity index (χ1v) is 11.1. The van der Waals surface area contributed by atoms with E-state index in [1.807, 2.05) is 0 Å². The average molecular weight is 391 g/mol. The van der Waals surface area contributed by atoms with Gasteiger partial charge in [-0.2, -0.15) is 0 Å². The normalized spacial score (nSPS) is 13.7. The minimum atomic E-state index is 0.267. The number of aliphatic hydroxyl groups excluding tert-OH is 1. The van der Waals surface area contributed by atoms with Gasteiger partial charge in [-0.05, 0) is 82.3 Å². The van der Waals surface area contributed by atoms with Gasteiger partial charge in [-0.3, -0.25) is 0 Å². The number of hydrogen-bond acceptors (Lipinski definition) is 1. The highest BCUT2D eigenvalue weighted by Gasteiger charge is 2.19. The molecule has 2 atom stereocenters. The van der Waals surface area contributed by atoms with E-state index in [0.29, 0.717) is 11.8 Å². The van der Waals surface area contributed by atoms with Gasteiger partial charge in [0.2, 0.25) is 0 Å². The largest absolute Gasteiger partial charge is 0.396 e. The van der Waals surface area contributed by atoms with Gasteiger partial charge in [0, 0.05) is 6.61 Å². The van der Waals surface area contributed by atoms with E-state index in [-0.39, 0.29) is 6.61 Å².